The summed E-state index contributed by atoms with van der Waals surface area (Å²) in [4.78, 5) is 27.8. The first-order valence-electron chi connectivity index (χ1n) is 11.3. The molecule has 1 aliphatic heterocycles. The number of amides is 1. The Kier molecular flexibility index (Phi) is 6.61. The van der Waals surface area contributed by atoms with Gasteiger partial charge in [-0.2, -0.15) is 0 Å². The van der Waals surface area contributed by atoms with E-state index in [2.05, 4.69) is 11.8 Å². The molecule has 7 heteroatoms. The largest absolute Gasteiger partial charge is 0.353 e. The molecule has 1 amide bonds. The molecule has 5 nitrogen and oxygen atoms in total. The van der Waals surface area contributed by atoms with E-state index in [4.69, 9.17) is 21.6 Å². The Morgan fingerprint density at radius 2 is 1.68 bits per heavy atom. The highest BCUT2D eigenvalue weighted by atomic mass is 35.5. The summed E-state index contributed by atoms with van der Waals surface area (Å²) in [7, 11) is 0. The van der Waals surface area contributed by atoms with Crippen LogP contribution in [0.3, 0.4) is 0 Å². The molecule has 4 aromatic rings. The van der Waals surface area contributed by atoms with Crippen LogP contribution in [0.25, 0.3) is 11.4 Å². The Morgan fingerprint density at radius 1 is 0.941 bits per heavy atom. The fourth-order valence-corrected chi connectivity index (χ4v) is 5.07. The summed E-state index contributed by atoms with van der Waals surface area (Å²) < 4.78 is 0. The van der Waals surface area contributed by atoms with Crippen LogP contribution in [0, 0.1) is 6.92 Å². The number of hydrogen-bond donors (Lipinski definition) is 0. The van der Waals surface area contributed by atoms with Gasteiger partial charge in [0.15, 0.2) is 5.82 Å². The van der Waals surface area contributed by atoms with Gasteiger partial charge in [-0.15, -0.1) is 11.3 Å². The van der Waals surface area contributed by atoms with Crippen molar-refractivity contribution < 1.29 is 4.79 Å². The molecular formula is C27H25ClN4OS. The molecular weight excluding hydrogens is 464 g/mol. The van der Waals surface area contributed by atoms with Gasteiger partial charge in [-0.1, -0.05) is 60.1 Å². The van der Waals surface area contributed by atoms with Gasteiger partial charge in [0.25, 0.3) is 5.91 Å². The van der Waals surface area contributed by atoms with E-state index < -0.39 is 0 Å². The van der Waals surface area contributed by atoms with E-state index in [9.17, 15) is 4.79 Å². The quantitative estimate of drug-likeness (QED) is 0.360. The van der Waals surface area contributed by atoms with Crippen molar-refractivity contribution in [2.75, 3.05) is 31.1 Å². The minimum atomic E-state index is 0.111. The highest BCUT2D eigenvalue weighted by Gasteiger charge is 2.26. The number of halogens is 1. The Labute approximate surface area is 208 Å². The lowest BCUT2D eigenvalue weighted by Gasteiger charge is -2.36. The highest BCUT2D eigenvalue weighted by molar-refractivity contribution is 7.12. The Bertz CT molecular complexity index is 1270. The van der Waals surface area contributed by atoms with E-state index in [0.29, 0.717) is 13.1 Å². The molecule has 0 radical (unpaired) electrons. The van der Waals surface area contributed by atoms with E-state index in [0.717, 1.165) is 63.4 Å². The molecule has 5 rings (SSSR count). The molecule has 172 valence electrons. The smallest absolute Gasteiger partial charge is 0.264 e. The highest BCUT2D eigenvalue weighted by Crippen LogP contribution is 2.29. The summed E-state index contributed by atoms with van der Waals surface area (Å²) in [5.74, 6) is 1.79. The van der Waals surface area contributed by atoms with Crippen LogP contribution in [0.1, 0.15) is 26.5 Å². The van der Waals surface area contributed by atoms with Gasteiger partial charge in [0.1, 0.15) is 5.82 Å². The first-order chi connectivity index (χ1) is 16.6. The summed E-state index contributed by atoms with van der Waals surface area (Å²) in [5.41, 5.74) is 4.24. The molecule has 0 N–H and O–H groups in total. The van der Waals surface area contributed by atoms with Crippen LogP contribution in [0.15, 0.2) is 72.1 Å². The maximum absolute atomic E-state index is 12.8. The average molecular weight is 489 g/mol. The molecule has 0 aliphatic carbocycles. The average Bonchev–Trinajstić information content (AvgIpc) is 3.42. The number of piperazine rings is 1. The summed E-state index contributed by atoms with van der Waals surface area (Å²) in [6, 6.07) is 21.8. The van der Waals surface area contributed by atoms with Crippen LogP contribution < -0.4 is 4.90 Å². The fraction of sp³-hybridized carbons (Fsp3) is 0.222. The Hall–Kier alpha value is -3.22. The summed E-state index contributed by atoms with van der Waals surface area (Å²) >= 11 is 7.59. The molecule has 34 heavy (non-hydrogen) atoms. The first-order valence-corrected chi connectivity index (χ1v) is 12.6. The Balaban J connectivity index is 1.45. The minimum Gasteiger partial charge on any atom is -0.353 e. The fourth-order valence-electron chi connectivity index (χ4n) is 4.25. The summed E-state index contributed by atoms with van der Waals surface area (Å²) in [5, 5.41) is 2.67. The number of nitrogens with zero attached hydrogens (tertiary/aromatic N) is 4. The van der Waals surface area contributed by atoms with E-state index in [1.165, 1.54) is 11.3 Å². The molecule has 2 aromatic heterocycles. The number of carbonyl (C=O) groups excluding carboxylic acids is 1. The van der Waals surface area contributed by atoms with Crippen molar-refractivity contribution in [3.8, 4) is 11.4 Å². The van der Waals surface area contributed by atoms with Crippen molar-refractivity contribution in [3.05, 3.63) is 98.8 Å². The van der Waals surface area contributed by atoms with Crippen molar-refractivity contribution in [1.29, 1.82) is 0 Å². The SMILES string of the molecule is Cc1nc(-c2ccccc2)nc(N2CCN(C(=O)c3cccs3)CC2)c1Cc1ccc(Cl)cc1. The molecule has 1 saturated heterocycles. The van der Waals surface area contributed by atoms with Gasteiger partial charge < -0.3 is 9.80 Å². The molecule has 1 fully saturated rings. The maximum Gasteiger partial charge on any atom is 0.264 e. The number of thiophene rings is 1. The van der Waals surface area contributed by atoms with Crippen molar-refractivity contribution in [2.45, 2.75) is 13.3 Å². The predicted octanol–water partition coefficient (Wildman–Crippen LogP) is 5.72. The number of aromatic nitrogens is 2. The third-order valence-electron chi connectivity index (χ3n) is 6.12. The molecule has 1 aliphatic rings. The van der Waals surface area contributed by atoms with E-state index >= 15 is 0 Å². The summed E-state index contributed by atoms with van der Waals surface area (Å²) in [6.45, 7) is 4.85. The molecule has 0 unspecified atom stereocenters. The van der Waals surface area contributed by atoms with E-state index in [-0.39, 0.29) is 5.91 Å². The van der Waals surface area contributed by atoms with E-state index in [1.54, 1.807) is 0 Å². The van der Waals surface area contributed by atoms with Gasteiger partial charge in [-0.25, -0.2) is 9.97 Å². The second-order valence-electron chi connectivity index (χ2n) is 8.36. The normalized spacial score (nSPS) is 13.8. The second kappa shape index (κ2) is 9.95. The zero-order valence-corrected chi connectivity index (χ0v) is 20.5. The topological polar surface area (TPSA) is 49.3 Å². The number of hydrogen-bond acceptors (Lipinski definition) is 5. The van der Waals surface area contributed by atoms with Gasteiger partial charge in [0.2, 0.25) is 0 Å². The molecule has 3 heterocycles. The van der Waals surface area contributed by atoms with E-state index in [1.807, 2.05) is 77.0 Å². The third kappa shape index (κ3) is 4.83. The van der Waals surface area contributed by atoms with Crippen LogP contribution in [-0.4, -0.2) is 47.0 Å². The zero-order chi connectivity index (χ0) is 23.5. The number of rotatable bonds is 5. The number of aryl methyl sites for hydroxylation is 1. The first kappa shape index (κ1) is 22.6. The van der Waals surface area contributed by atoms with Gasteiger partial charge in [0.05, 0.1) is 4.88 Å². The minimum absolute atomic E-state index is 0.111. The number of benzene rings is 2. The van der Waals surface area contributed by atoms with Gasteiger partial charge in [-0.3, -0.25) is 4.79 Å². The predicted molar refractivity (Wildman–Crippen MR) is 139 cm³/mol. The van der Waals surface area contributed by atoms with Gasteiger partial charge in [0, 0.05) is 54.4 Å². The molecule has 0 bridgehead atoms. The van der Waals surface area contributed by atoms with Gasteiger partial charge >= 0.3 is 0 Å². The van der Waals surface area contributed by atoms with Crippen LogP contribution >= 0.6 is 22.9 Å². The van der Waals surface area contributed by atoms with Crippen LogP contribution in [0.5, 0.6) is 0 Å². The lowest BCUT2D eigenvalue weighted by Crippen LogP contribution is -2.49. The zero-order valence-electron chi connectivity index (χ0n) is 18.9. The number of carbonyl (C=O) groups is 1. The maximum atomic E-state index is 12.8. The monoisotopic (exact) mass is 488 g/mol. The van der Waals surface area contributed by atoms with Gasteiger partial charge in [-0.05, 0) is 36.1 Å². The lowest BCUT2D eigenvalue weighted by atomic mass is 10.0. The Morgan fingerprint density at radius 3 is 2.35 bits per heavy atom. The molecule has 0 spiro atoms. The van der Waals surface area contributed by atoms with Crippen molar-refractivity contribution in [3.63, 3.8) is 0 Å². The van der Waals surface area contributed by atoms with Crippen LogP contribution in [0.2, 0.25) is 5.02 Å². The van der Waals surface area contributed by atoms with Crippen LogP contribution in [0.4, 0.5) is 5.82 Å². The van der Waals surface area contributed by atoms with Crippen molar-refractivity contribution in [2.24, 2.45) is 0 Å². The molecule has 0 atom stereocenters. The lowest BCUT2D eigenvalue weighted by molar-refractivity contribution is 0.0751. The second-order valence-corrected chi connectivity index (χ2v) is 9.74. The standard InChI is InChI=1S/C27H25ClN4OS/c1-19-23(18-20-9-11-22(28)12-10-20)26(30-25(29-19)21-6-3-2-4-7-21)31-13-15-32(16-14-31)27(33)24-8-5-17-34-24/h2-12,17H,13-16,18H2,1H3. The van der Waals surface area contributed by atoms with Crippen molar-refractivity contribution in [1.82, 2.24) is 14.9 Å². The molecule has 0 saturated carbocycles. The molecule has 2 aromatic carbocycles. The summed E-state index contributed by atoms with van der Waals surface area (Å²) in [6.07, 6.45) is 0.724. The number of anilines is 1. The third-order valence-corrected chi connectivity index (χ3v) is 7.23. The van der Waals surface area contributed by atoms with Crippen LogP contribution in [-0.2, 0) is 6.42 Å². The van der Waals surface area contributed by atoms with Crippen molar-refractivity contribution >= 4 is 34.7 Å².